The Balaban J connectivity index is 2.67. The fourth-order valence-electron chi connectivity index (χ4n) is 3.56. The van der Waals surface area contributed by atoms with Crippen LogP contribution in [0.2, 0.25) is 0 Å². The van der Waals surface area contributed by atoms with Gasteiger partial charge in [0.15, 0.2) is 13.6 Å². The number of ether oxygens (including phenoxy) is 4. The quantitative estimate of drug-likeness (QED) is 0.443. The lowest BCUT2D eigenvalue weighted by molar-refractivity contribution is 0.0505. The molecule has 0 amide bonds. The first-order valence-corrected chi connectivity index (χ1v) is 10.2. The van der Waals surface area contributed by atoms with Crippen molar-refractivity contribution in [3.8, 4) is 11.5 Å². The standard InChI is InChI=1S/C24H35NO4/c1-8-9-10-25(21-13-17(2)11-19(4)23(21)28-15-26-6)22-14-18(3)12-20(5)24(22)29-16-27-7/h11-14H,8-10,15-16H2,1-7H3. The van der Waals surface area contributed by atoms with E-state index in [2.05, 4.69) is 63.8 Å². The zero-order valence-corrected chi connectivity index (χ0v) is 18.9. The van der Waals surface area contributed by atoms with Gasteiger partial charge in [-0.05, 0) is 68.5 Å². The fraction of sp³-hybridized carbons (Fsp3) is 0.500. The van der Waals surface area contributed by atoms with Gasteiger partial charge in [0.1, 0.15) is 11.5 Å². The molecule has 29 heavy (non-hydrogen) atoms. The van der Waals surface area contributed by atoms with E-state index in [0.717, 1.165) is 53.4 Å². The molecular formula is C24H35NO4. The van der Waals surface area contributed by atoms with Crippen LogP contribution in [0.5, 0.6) is 11.5 Å². The topological polar surface area (TPSA) is 40.2 Å². The molecule has 0 saturated heterocycles. The lowest BCUT2D eigenvalue weighted by atomic mass is 10.0. The zero-order chi connectivity index (χ0) is 21.4. The third-order valence-corrected chi connectivity index (χ3v) is 4.76. The van der Waals surface area contributed by atoms with E-state index in [9.17, 15) is 0 Å². The molecule has 0 radical (unpaired) electrons. The normalized spacial score (nSPS) is 10.9. The van der Waals surface area contributed by atoms with Crippen LogP contribution in [-0.2, 0) is 9.47 Å². The Labute approximate surface area is 175 Å². The summed E-state index contributed by atoms with van der Waals surface area (Å²) in [6, 6.07) is 8.61. The van der Waals surface area contributed by atoms with E-state index < -0.39 is 0 Å². The average molecular weight is 402 g/mol. The minimum atomic E-state index is 0.207. The van der Waals surface area contributed by atoms with E-state index in [1.54, 1.807) is 14.2 Å². The number of rotatable bonds is 11. The van der Waals surface area contributed by atoms with Gasteiger partial charge in [0.05, 0.1) is 11.4 Å². The van der Waals surface area contributed by atoms with E-state index in [0.29, 0.717) is 0 Å². The summed E-state index contributed by atoms with van der Waals surface area (Å²) < 4.78 is 22.4. The number of hydrogen-bond donors (Lipinski definition) is 0. The lowest BCUT2D eigenvalue weighted by Gasteiger charge is -2.30. The largest absolute Gasteiger partial charge is 0.465 e. The maximum Gasteiger partial charge on any atom is 0.188 e. The highest BCUT2D eigenvalue weighted by Crippen LogP contribution is 2.43. The second kappa shape index (κ2) is 11.1. The van der Waals surface area contributed by atoms with Crippen LogP contribution in [0.3, 0.4) is 0 Å². The Kier molecular flexibility index (Phi) is 8.80. The van der Waals surface area contributed by atoms with Crippen LogP contribution >= 0.6 is 0 Å². The second-order valence-corrected chi connectivity index (χ2v) is 7.47. The van der Waals surface area contributed by atoms with Crippen molar-refractivity contribution in [1.29, 1.82) is 0 Å². The molecule has 0 atom stereocenters. The Morgan fingerprint density at radius 3 is 1.55 bits per heavy atom. The van der Waals surface area contributed by atoms with Crippen molar-refractivity contribution >= 4 is 11.4 Å². The minimum Gasteiger partial charge on any atom is -0.465 e. The molecule has 0 aliphatic carbocycles. The molecule has 0 heterocycles. The maximum atomic E-state index is 6.01. The predicted octanol–water partition coefficient (Wildman–Crippen LogP) is 5.82. The Morgan fingerprint density at radius 1 is 0.724 bits per heavy atom. The average Bonchev–Trinajstić information content (AvgIpc) is 2.66. The molecule has 0 spiro atoms. The number of hydrogen-bond acceptors (Lipinski definition) is 5. The van der Waals surface area contributed by atoms with Crippen LogP contribution in [0.1, 0.15) is 42.0 Å². The molecule has 0 aliphatic rings. The van der Waals surface area contributed by atoms with Gasteiger partial charge in [-0.15, -0.1) is 0 Å². The molecule has 2 aromatic rings. The van der Waals surface area contributed by atoms with E-state index in [1.807, 2.05) is 0 Å². The number of nitrogens with zero attached hydrogens (tertiary/aromatic N) is 1. The van der Waals surface area contributed by atoms with Gasteiger partial charge in [-0.3, -0.25) is 0 Å². The van der Waals surface area contributed by atoms with Gasteiger partial charge in [0, 0.05) is 20.8 Å². The van der Waals surface area contributed by atoms with E-state index in [-0.39, 0.29) is 13.6 Å². The van der Waals surface area contributed by atoms with Gasteiger partial charge in [-0.1, -0.05) is 25.5 Å². The van der Waals surface area contributed by atoms with Crippen molar-refractivity contribution in [1.82, 2.24) is 0 Å². The first-order chi connectivity index (χ1) is 13.9. The minimum absolute atomic E-state index is 0.207. The summed E-state index contributed by atoms with van der Waals surface area (Å²) in [6.45, 7) is 11.8. The third kappa shape index (κ3) is 5.87. The zero-order valence-electron chi connectivity index (χ0n) is 18.9. The molecule has 5 nitrogen and oxygen atoms in total. The van der Waals surface area contributed by atoms with E-state index in [1.165, 1.54) is 11.1 Å². The molecule has 0 N–H and O–H groups in total. The first kappa shape index (κ1) is 23.0. The van der Waals surface area contributed by atoms with Crippen molar-refractivity contribution in [2.24, 2.45) is 0 Å². The molecule has 2 rings (SSSR count). The van der Waals surface area contributed by atoms with Crippen LogP contribution in [0.15, 0.2) is 24.3 Å². The summed E-state index contributed by atoms with van der Waals surface area (Å²) in [5, 5.41) is 0. The smallest absolute Gasteiger partial charge is 0.188 e. The molecule has 0 bridgehead atoms. The molecular weight excluding hydrogens is 366 g/mol. The summed E-state index contributed by atoms with van der Waals surface area (Å²) in [5.74, 6) is 1.68. The molecule has 160 valence electrons. The fourth-order valence-corrected chi connectivity index (χ4v) is 3.56. The maximum absolute atomic E-state index is 6.01. The van der Waals surface area contributed by atoms with E-state index >= 15 is 0 Å². The lowest BCUT2D eigenvalue weighted by Crippen LogP contribution is -2.22. The monoisotopic (exact) mass is 401 g/mol. The van der Waals surface area contributed by atoms with Gasteiger partial charge in [-0.2, -0.15) is 0 Å². The summed E-state index contributed by atoms with van der Waals surface area (Å²) in [7, 11) is 3.28. The van der Waals surface area contributed by atoms with Crippen molar-refractivity contribution in [3.63, 3.8) is 0 Å². The Morgan fingerprint density at radius 2 is 1.17 bits per heavy atom. The highest BCUT2D eigenvalue weighted by molar-refractivity contribution is 5.77. The number of methoxy groups -OCH3 is 2. The molecule has 0 saturated carbocycles. The number of anilines is 2. The van der Waals surface area contributed by atoms with Gasteiger partial charge in [-0.25, -0.2) is 0 Å². The first-order valence-electron chi connectivity index (χ1n) is 10.2. The molecule has 0 aliphatic heterocycles. The van der Waals surface area contributed by atoms with Crippen molar-refractivity contribution in [2.75, 3.05) is 39.3 Å². The highest BCUT2D eigenvalue weighted by Gasteiger charge is 2.22. The van der Waals surface area contributed by atoms with Crippen LogP contribution in [0, 0.1) is 27.7 Å². The van der Waals surface area contributed by atoms with Crippen LogP contribution < -0.4 is 14.4 Å². The summed E-state index contributed by atoms with van der Waals surface area (Å²) >= 11 is 0. The molecule has 0 unspecified atom stereocenters. The number of aryl methyl sites for hydroxylation is 4. The van der Waals surface area contributed by atoms with Crippen molar-refractivity contribution in [2.45, 2.75) is 47.5 Å². The predicted molar refractivity (Wildman–Crippen MR) is 119 cm³/mol. The third-order valence-electron chi connectivity index (χ3n) is 4.76. The second-order valence-electron chi connectivity index (χ2n) is 7.47. The summed E-state index contributed by atoms with van der Waals surface area (Å²) in [5.41, 5.74) is 6.60. The molecule has 5 heteroatoms. The van der Waals surface area contributed by atoms with E-state index in [4.69, 9.17) is 18.9 Å². The SMILES string of the molecule is CCCCN(c1cc(C)cc(C)c1OCOC)c1cc(C)cc(C)c1OCOC. The molecule has 2 aromatic carbocycles. The van der Waals surface area contributed by atoms with Crippen LogP contribution in [-0.4, -0.2) is 34.4 Å². The Bertz CT molecular complexity index is 740. The molecule has 0 aromatic heterocycles. The van der Waals surface area contributed by atoms with Gasteiger partial charge in [0.2, 0.25) is 0 Å². The number of unbranched alkanes of at least 4 members (excludes halogenated alkanes) is 1. The van der Waals surface area contributed by atoms with Gasteiger partial charge >= 0.3 is 0 Å². The van der Waals surface area contributed by atoms with Crippen LogP contribution in [0.25, 0.3) is 0 Å². The highest BCUT2D eigenvalue weighted by atomic mass is 16.7. The molecule has 0 fully saturated rings. The van der Waals surface area contributed by atoms with Gasteiger partial charge < -0.3 is 23.8 Å². The van der Waals surface area contributed by atoms with Gasteiger partial charge in [0.25, 0.3) is 0 Å². The Hall–Kier alpha value is -2.24. The summed E-state index contributed by atoms with van der Waals surface area (Å²) in [4.78, 5) is 2.31. The van der Waals surface area contributed by atoms with Crippen LogP contribution in [0.4, 0.5) is 11.4 Å². The van der Waals surface area contributed by atoms with Crippen molar-refractivity contribution in [3.05, 3.63) is 46.5 Å². The number of benzene rings is 2. The summed E-state index contributed by atoms with van der Waals surface area (Å²) in [6.07, 6.45) is 2.14. The van der Waals surface area contributed by atoms with Crippen molar-refractivity contribution < 1.29 is 18.9 Å².